The summed E-state index contributed by atoms with van der Waals surface area (Å²) < 4.78 is 0. The molecule has 21 heavy (non-hydrogen) atoms. The van der Waals surface area contributed by atoms with Gasteiger partial charge in [-0.15, -0.1) is 0 Å². The molecule has 0 atom stereocenters. The molecule has 0 aliphatic rings. The summed E-state index contributed by atoms with van der Waals surface area (Å²) in [6.07, 6.45) is 2.08. The van der Waals surface area contributed by atoms with E-state index in [-0.39, 0.29) is 5.91 Å². The van der Waals surface area contributed by atoms with Crippen molar-refractivity contribution in [1.82, 2.24) is 9.97 Å². The quantitative estimate of drug-likeness (QED) is 0.502. The van der Waals surface area contributed by atoms with Crippen LogP contribution in [0.15, 0.2) is 35.6 Å². The lowest BCUT2D eigenvalue weighted by Gasteiger charge is -2.06. The lowest BCUT2D eigenvalue weighted by molar-refractivity contribution is -0.115. The van der Waals surface area contributed by atoms with Gasteiger partial charge in [-0.2, -0.15) is 0 Å². The Bertz CT molecular complexity index is 651. The second-order valence-electron chi connectivity index (χ2n) is 4.36. The molecule has 110 valence electrons. The predicted octanol–water partition coefficient (Wildman–Crippen LogP) is 3.14. The number of halogens is 1. The first kappa shape index (κ1) is 15.6. The molecule has 0 fully saturated rings. The van der Waals surface area contributed by atoms with Crippen molar-refractivity contribution in [3.63, 3.8) is 0 Å². The highest BCUT2D eigenvalue weighted by atomic mass is 35.5. The van der Waals surface area contributed by atoms with Gasteiger partial charge in [-0.05, 0) is 31.2 Å². The van der Waals surface area contributed by atoms with E-state index in [2.05, 4.69) is 15.3 Å². The molecule has 0 spiro atoms. The zero-order valence-corrected chi connectivity index (χ0v) is 13.0. The number of rotatable bonds is 5. The van der Waals surface area contributed by atoms with Crippen LogP contribution >= 0.6 is 23.4 Å². The van der Waals surface area contributed by atoms with Crippen LogP contribution in [0.25, 0.3) is 0 Å². The number of amides is 1. The summed E-state index contributed by atoms with van der Waals surface area (Å²) in [5.41, 5.74) is 7.67. The molecule has 2 aromatic rings. The number of hydrogen-bond donors (Lipinski definition) is 2. The lowest BCUT2D eigenvalue weighted by Crippen LogP contribution is -2.12. The zero-order valence-electron chi connectivity index (χ0n) is 11.5. The first-order valence-electron chi connectivity index (χ1n) is 6.32. The van der Waals surface area contributed by atoms with E-state index in [1.165, 1.54) is 11.8 Å². The molecule has 1 aromatic carbocycles. The Hall–Kier alpha value is -1.79. The Morgan fingerprint density at radius 2 is 2.24 bits per heavy atom. The van der Waals surface area contributed by atoms with Crippen LogP contribution in [-0.4, -0.2) is 21.6 Å². The molecular formula is C14H15ClN4OS. The maximum atomic E-state index is 11.8. The van der Waals surface area contributed by atoms with Gasteiger partial charge < -0.3 is 11.1 Å². The molecule has 1 aromatic heterocycles. The van der Waals surface area contributed by atoms with E-state index in [1.54, 1.807) is 24.4 Å². The zero-order chi connectivity index (χ0) is 15.2. The first-order valence-corrected chi connectivity index (χ1v) is 7.68. The molecule has 0 unspecified atom stereocenters. The van der Waals surface area contributed by atoms with Crippen LogP contribution in [0.4, 0.5) is 11.4 Å². The Morgan fingerprint density at radius 3 is 2.95 bits per heavy atom. The molecule has 3 N–H and O–H groups in total. The fraction of sp³-hybridized carbons (Fsp3) is 0.214. The normalized spacial score (nSPS) is 10.4. The minimum Gasteiger partial charge on any atom is -0.397 e. The van der Waals surface area contributed by atoms with Gasteiger partial charge in [0.2, 0.25) is 5.91 Å². The minimum absolute atomic E-state index is 0.0862. The summed E-state index contributed by atoms with van der Waals surface area (Å²) in [5, 5.41) is 3.93. The van der Waals surface area contributed by atoms with Crippen molar-refractivity contribution in [2.24, 2.45) is 0 Å². The van der Waals surface area contributed by atoms with Gasteiger partial charge in [-0.1, -0.05) is 23.4 Å². The molecule has 0 aliphatic carbocycles. The average molecular weight is 323 g/mol. The number of nitrogens with zero attached hydrogens (tertiary/aromatic N) is 2. The van der Waals surface area contributed by atoms with Gasteiger partial charge in [-0.3, -0.25) is 4.79 Å². The highest BCUT2D eigenvalue weighted by Gasteiger charge is 2.05. The van der Waals surface area contributed by atoms with Gasteiger partial charge in [0.1, 0.15) is 0 Å². The molecular weight excluding hydrogens is 308 g/mol. The van der Waals surface area contributed by atoms with Crippen molar-refractivity contribution in [2.45, 2.75) is 18.5 Å². The highest BCUT2D eigenvalue weighted by Crippen LogP contribution is 2.22. The van der Waals surface area contributed by atoms with E-state index in [0.29, 0.717) is 33.7 Å². The molecule has 2 rings (SSSR count). The van der Waals surface area contributed by atoms with Crippen LogP contribution in [-0.2, 0) is 4.79 Å². The molecule has 0 radical (unpaired) electrons. The van der Waals surface area contributed by atoms with Crippen molar-refractivity contribution in [2.75, 3.05) is 16.8 Å². The fourth-order valence-corrected chi connectivity index (χ4v) is 2.51. The molecule has 7 heteroatoms. The van der Waals surface area contributed by atoms with Crippen LogP contribution in [0.2, 0.25) is 5.02 Å². The Kier molecular flexibility index (Phi) is 5.41. The lowest BCUT2D eigenvalue weighted by atomic mass is 10.2. The summed E-state index contributed by atoms with van der Waals surface area (Å²) >= 11 is 7.28. The Balaban J connectivity index is 1.81. The topological polar surface area (TPSA) is 80.9 Å². The number of nitrogens with one attached hydrogen (secondary N) is 1. The number of anilines is 2. The minimum atomic E-state index is -0.0862. The summed E-state index contributed by atoms with van der Waals surface area (Å²) in [6.45, 7) is 1.91. The second-order valence-corrected chi connectivity index (χ2v) is 5.83. The van der Waals surface area contributed by atoms with Crippen LogP contribution < -0.4 is 11.1 Å². The fourth-order valence-electron chi connectivity index (χ4n) is 1.58. The maximum Gasteiger partial charge on any atom is 0.225 e. The predicted molar refractivity (Wildman–Crippen MR) is 86.6 cm³/mol. The molecule has 1 amide bonds. The summed E-state index contributed by atoms with van der Waals surface area (Å²) in [7, 11) is 0. The van der Waals surface area contributed by atoms with Crippen molar-refractivity contribution < 1.29 is 4.79 Å². The number of carbonyl (C=O) groups excluding carboxylic acids is 1. The van der Waals surface area contributed by atoms with Crippen LogP contribution in [0.1, 0.15) is 12.1 Å². The van der Waals surface area contributed by atoms with Crippen LogP contribution in [0.5, 0.6) is 0 Å². The van der Waals surface area contributed by atoms with Gasteiger partial charge in [-0.25, -0.2) is 9.97 Å². The van der Waals surface area contributed by atoms with Gasteiger partial charge in [0, 0.05) is 29.8 Å². The standard InChI is InChI=1S/C14H15ClN4OS/c1-9-4-6-17-14(18-9)21-7-5-13(20)19-10-2-3-11(15)12(16)8-10/h2-4,6,8H,5,7,16H2,1H3,(H,19,20). The SMILES string of the molecule is Cc1ccnc(SCCC(=O)Nc2ccc(Cl)c(N)c2)n1. The number of aromatic nitrogens is 2. The second kappa shape index (κ2) is 7.28. The number of carbonyl (C=O) groups is 1. The van der Waals surface area contributed by atoms with Gasteiger partial charge in [0.05, 0.1) is 10.7 Å². The monoisotopic (exact) mass is 322 g/mol. The molecule has 5 nitrogen and oxygen atoms in total. The smallest absolute Gasteiger partial charge is 0.225 e. The van der Waals surface area contributed by atoms with Crippen molar-refractivity contribution >= 4 is 40.6 Å². The van der Waals surface area contributed by atoms with Gasteiger partial charge >= 0.3 is 0 Å². The number of nitrogen functional groups attached to an aromatic ring is 1. The van der Waals surface area contributed by atoms with E-state index in [9.17, 15) is 4.79 Å². The van der Waals surface area contributed by atoms with Crippen molar-refractivity contribution in [3.8, 4) is 0 Å². The number of thioether (sulfide) groups is 1. The molecule has 0 saturated carbocycles. The van der Waals surface area contributed by atoms with Gasteiger partial charge in [0.25, 0.3) is 0 Å². The van der Waals surface area contributed by atoms with E-state index in [4.69, 9.17) is 17.3 Å². The molecule has 0 aliphatic heterocycles. The van der Waals surface area contributed by atoms with E-state index in [1.807, 2.05) is 13.0 Å². The van der Waals surface area contributed by atoms with Crippen molar-refractivity contribution in [1.29, 1.82) is 0 Å². The Morgan fingerprint density at radius 1 is 1.43 bits per heavy atom. The third-order valence-corrected chi connectivity index (χ3v) is 3.82. The summed E-state index contributed by atoms with van der Waals surface area (Å²) in [4.78, 5) is 20.2. The third-order valence-electron chi connectivity index (χ3n) is 2.61. The number of aryl methyl sites for hydroxylation is 1. The van der Waals surface area contributed by atoms with E-state index in [0.717, 1.165) is 5.69 Å². The maximum absolute atomic E-state index is 11.8. The summed E-state index contributed by atoms with van der Waals surface area (Å²) in [6, 6.07) is 6.84. The van der Waals surface area contributed by atoms with Gasteiger partial charge in [0.15, 0.2) is 5.16 Å². The van der Waals surface area contributed by atoms with E-state index < -0.39 is 0 Å². The Labute approximate surface area is 132 Å². The van der Waals surface area contributed by atoms with Crippen molar-refractivity contribution in [3.05, 3.63) is 41.2 Å². The average Bonchev–Trinajstić information content (AvgIpc) is 2.43. The molecule has 0 saturated heterocycles. The summed E-state index contributed by atoms with van der Waals surface area (Å²) in [5.74, 6) is 0.523. The highest BCUT2D eigenvalue weighted by molar-refractivity contribution is 7.99. The molecule has 0 bridgehead atoms. The largest absolute Gasteiger partial charge is 0.397 e. The number of nitrogens with two attached hydrogens (primary N) is 1. The van der Waals surface area contributed by atoms with E-state index >= 15 is 0 Å². The van der Waals surface area contributed by atoms with Crippen LogP contribution in [0, 0.1) is 6.92 Å². The third kappa shape index (κ3) is 4.91. The number of hydrogen-bond acceptors (Lipinski definition) is 5. The van der Waals surface area contributed by atoms with Crippen LogP contribution in [0.3, 0.4) is 0 Å². The number of benzene rings is 1. The first-order chi connectivity index (χ1) is 10.0. The molecule has 1 heterocycles.